The summed E-state index contributed by atoms with van der Waals surface area (Å²) in [6.07, 6.45) is 2.03. The van der Waals surface area contributed by atoms with Crippen molar-refractivity contribution >= 4 is 23.3 Å². The zero-order valence-electron chi connectivity index (χ0n) is 11.7. The van der Waals surface area contributed by atoms with Gasteiger partial charge in [0.1, 0.15) is 17.5 Å². The van der Waals surface area contributed by atoms with E-state index >= 15 is 0 Å². The highest BCUT2D eigenvalue weighted by molar-refractivity contribution is 6.32. The Kier molecular flexibility index (Phi) is 4.60. The highest BCUT2D eigenvalue weighted by Crippen LogP contribution is 2.39. The van der Waals surface area contributed by atoms with Crippen molar-refractivity contribution in [1.29, 1.82) is 0 Å². The van der Waals surface area contributed by atoms with Crippen LogP contribution in [0.1, 0.15) is 12.8 Å². The van der Waals surface area contributed by atoms with Crippen molar-refractivity contribution in [3.8, 4) is 11.5 Å². The fourth-order valence-corrected chi connectivity index (χ4v) is 2.31. The Morgan fingerprint density at radius 2 is 1.90 bits per heavy atom. The number of nitrogens with one attached hydrogen (secondary N) is 1. The quantitative estimate of drug-likeness (QED) is 0.819. The summed E-state index contributed by atoms with van der Waals surface area (Å²) in [5.41, 5.74) is 0.653. The number of anilines is 1. The summed E-state index contributed by atoms with van der Waals surface area (Å²) in [7, 11) is 4.48. The third kappa shape index (κ3) is 3.10. The molecular formula is C14H18ClNO4. The second-order valence-electron chi connectivity index (χ2n) is 4.67. The molecule has 6 heteroatoms. The number of hydrogen-bond acceptors (Lipinski definition) is 5. The third-order valence-electron chi connectivity index (χ3n) is 3.33. The molecule has 20 heavy (non-hydrogen) atoms. The molecule has 1 unspecified atom stereocenters. The molecule has 1 aliphatic carbocycles. The molecule has 0 radical (unpaired) electrons. The van der Waals surface area contributed by atoms with E-state index in [1.54, 1.807) is 19.2 Å². The summed E-state index contributed by atoms with van der Waals surface area (Å²) in [6.45, 7) is 0. The maximum absolute atomic E-state index is 11.8. The predicted octanol–water partition coefficient (Wildman–Crippen LogP) is 2.72. The van der Waals surface area contributed by atoms with E-state index < -0.39 is 0 Å². The molecule has 1 atom stereocenters. The topological polar surface area (TPSA) is 56.8 Å². The minimum atomic E-state index is -0.377. The van der Waals surface area contributed by atoms with Gasteiger partial charge in [0.2, 0.25) is 0 Å². The first-order valence-electron chi connectivity index (χ1n) is 6.36. The van der Waals surface area contributed by atoms with E-state index in [4.69, 9.17) is 25.8 Å². The van der Waals surface area contributed by atoms with Crippen LogP contribution in [0.4, 0.5) is 5.69 Å². The molecule has 0 bridgehead atoms. The molecule has 110 valence electrons. The average Bonchev–Trinajstić information content (AvgIpc) is 3.28. The highest BCUT2D eigenvalue weighted by atomic mass is 35.5. The zero-order chi connectivity index (χ0) is 14.7. The van der Waals surface area contributed by atoms with Gasteiger partial charge in [-0.2, -0.15) is 0 Å². The lowest BCUT2D eigenvalue weighted by atomic mass is 10.1. The molecule has 0 aliphatic heterocycles. The van der Waals surface area contributed by atoms with Crippen LogP contribution in [0.5, 0.6) is 11.5 Å². The molecule has 1 N–H and O–H groups in total. The molecule has 1 aromatic rings. The van der Waals surface area contributed by atoms with Gasteiger partial charge in [0.05, 0.1) is 32.0 Å². The largest absolute Gasteiger partial charge is 0.495 e. The van der Waals surface area contributed by atoms with Gasteiger partial charge in [-0.05, 0) is 24.8 Å². The second-order valence-corrected chi connectivity index (χ2v) is 5.08. The normalized spacial score (nSPS) is 15.4. The molecule has 0 spiro atoms. The van der Waals surface area contributed by atoms with Gasteiger partial charge in [-0.3, -0.25) is 0 Å². The Morgan fingerprint density at radius 1 is 1.25 bits per heavy atom. The molecule has 1 saturated carbocycles. The van der Waals surface area contributed by atoms with E-state index in [-0.39, 0.29) is 12.0 Å². The van der Waals surface area contributed by atoms with E-state index in [0.717, 1.165) is 12.8 Å². The van der Waals surface area contributed by atoms with Crippen molar-refractivity contribution in [2.24, 2.45) is 5.92 Å². The Labute approximate surface area is 123 Å². The van der Waals surface area contributed by atoms with E-state index in [2.05, 4.69) is 5.32 Å². The van der Waals surface area contributed by atoms with Gasteiger partial charge in [0, 0.05) is 6.07 Å². The van der Waals surface area contributed by atoms with Crippen molar-refractivity contribution in [3.63, 3.8) is 0 Å². The van der Waals surface area contributed by atoms with Gasteiger partial charge in [-0.15, -0.1) is 0 Å². The average molecular weight is 300 g/mol. The maximum atomic E-state index is 11.8. The van der Waals surface area contributed by atoms with Crippen LogP contribution in [-0.4, -0.2) is 33.3 Å². The lowest BCUT2D eigenvalue weighted by molar-refractivity contribution is -0.142. The first-order chi connectivity index (χ1) is 9.60. The van der Waals surface area contributed by atoms with Crippen LogP contribution >= 0.6 is 11.6 Å². The number of rotatable bonds is 6. The molecular weight excluding hydrogens is 282 g/mol. The fraction of sp³-hybridized carbons (Fsp3) is 0.500. The molecule has 1 aliphatic rings. The van der Waals surface area contributed by atoms with Gasteiger partial charge >= 0.3 is 5.97 Å². The summed E-state index contributed by atoms with van der Waals surface area (Å²) in [5, 5.41) is 3.62. The molecule has 1 aromatic carbocycles. The SMILES string of the molecule is COC(=O)C(Nc1cc(Cl)c(OC)cc1OC)C1CC1. The monoisotopic (exact) mass is 299 g/mol. The van der Waals surface area contributed by atoms with E-state index in [0.29, 0.717) is 28.1 Å². The van der Waals surface area contributed by atoms with Crippen LogP contribution in [0, 0.1) is 5.92 Å². The van der Waals surface area contributed by atoms with Crippen molar-refractivity contribution in [2.75, 3.05) is 26.6 Å². The summed E-state index contributed by atoms with van der Waals surface area (Å²) in [6, 6.07) is 3.00. The Morgan fingerprint density at radius 3 is 2.40 bits per heavy atom. The summed E-state index contributed by atoms with van der Waals surface area (Å²) in [4.78, 5) is 11.8. The second kappa shape index (κ2) is 6.22. The first-order valence-corrected chi connectivity index (χ1v) is 6.74. The number of carbonyl (C=O) groups is 1. The molecule has 0 aromatic heterocycles. The van der Waals surface area contributed by atoms with Gasteiger partial charge in [-0.25, -0.2) is 4.79 Å². The van der Waals surface area contributed by atoms with E-state index in [1.807, 2.05) is 0 Å². The lowest BCUT2D eigenvalue weighted by Gasteiger charge is -2.20. The molecule has 0 saturated heterocycles. The smallest absolute Gasteiger partial charge is 0.328 e. The van der Waals surface area contributed by atoms with Crippen LogP contribution in [0.2, 0.25) is 5.02 Å². The van der Waals surface area contributed by atoms with Gasteiger partial charge in [0.15, 0.2) is 0 Å². The van der Waals surface area contributed by atoms with Crippen molar-refractivity contribution in [2.45, 2.75) is 18.9 Å². The number of hydrogen-bond donors (Lipinski definition) is 1. The Hall–Kier alpha value is -1.62. The van der Waals surface area contributed by atoms with Crippen molar-refractivity contribution in [1.82, 2.24) is 0 Å². The molecule has 0 amide bonds. The third-order valence-corrected chi connectivity index (χ3v) is 3.63. The molecule has 2 rings (SSSR count). The van der Waals surface area contributed by atoms with Crippen LogP contribution in [0.25, 0.3) is 0 Å². The lowest BCUT2D eigenvalue weighted by Crippen LogP contribution is -2.32. The minimum absolute atomic E-state index is 0.276. The Bertz CT molecular complexity index is 502. The summed E-state index contributed by atoms with van der Waals surface area (Å²) < 4.78 is 15.3. The number of carbonyl (C=O) groups excluding carboxylic acids is 1. The molecule has 5 nitrogen and oxygen atoms in total. The number of methoxy groups -OCH3 is 3. The number of halogens is 1. The van der Waals surface area contributed by atoms with Gasteiger partial charge in [-0.1, -0.05) is 11.6 Å². The van der Waals surface area contributed by atoms with E-state index in [1.165, 1.54) is 14.2 Å². The highest BCUT2D eigenvalue weighted by Gasteiger charge is 2.37. The van der Waals surface area contributed by atoms with Crippen LogP contribution in [-0.2, 0) is 9.53 Å². The molecule has 1 fully saturated rings. The van der Waals surface area contributed by atoms with Crippen LogP contribution in [0.3, 0.4) is 0 Å². The fourth-order valence-electron chi connectivity index (χ4n) is 2.07. The predicted molar refractivity (Wildman–Crippen MR) is 76.7 cm³/mol. The molecule has 0 heterocycles. The van der Waals surface area contributed by atoms with Gasteiger partial charge < -0.3 is 19.5 Å². The number of benzene rings is 1. The zero-order valence-corrected chi connectivity index (χ0v) is 12.5. The van der Waals surface area contributed by atoms with Crippen LogP contribution in [0.15, 0.2) is 12.1 Å². The number of esters is 1. The minimum Gasteiger partial charge on any atom is -0.495 e. The summed E-state index contributed by atoms with van der Waals surface area (Å²) >= 11 is 6.11. The summed E-state index contributed by atoms with van der Waals surface area (Å²) in [5.74, 6) is 1.12. The van der Waals surface area contributed by atoms with Crippen molar-refractivity contribution in [3.05, 3.63) is 17.2 Å². The van der Waals surface area contributed by atoms with Crippen molar-refractivity contribution < 1.29 is 19.0 Å². The van der Waals surface area contributed by atoms with E-state index in [9.17, 15) is 4.79 Å². The maximum Gasteiger partial charge on any atom is 0.328 e. The first kappa shape index (κ1) is 14.8. The van der Waals surface area contributed by atoms with Crippen LogP contribution < -0.4 is 14.8 Å². The van der Waals surface area contributed by atoms with Gasteiger partial charge in [0.25, 0.3) is 0 Å². The number of ether oxygens (including phenoxy) is 3. The standard InChI is InChI=1S/C14H18ClNO4/c1-18-11-7-12(19-2)10(6-9(11)15)16-13(8-4-5-8)14(17)20-3/h6-8,13,16H,4-5H2,1-3H3. The Balaban J connectivity index is 2.26.